The van der Waals surface area contributed by atoms with Crippen molar-refractivity contribution < 1.29 is 22.7 Å². The summed E-state index contributed by atoms with van der Waals surface area (Å²) < 4.78 is 35.8. The van der Waals surface area contributed by atoms with Crippen molar-refractivity contribution >= 4 is 27.3 Å². The lowest BCUT2D eigenvalue weighted by Gasteiger charge is -2.28. The minimum Gasteiger partial charge on any atom is -0.497 e. The molecule has 0 fully saturated rings. The van der Waals surface area contributed by atoms with Crippen LogP contribution < -0.4 is 19.1 Å². The highest BCUT2D eigenvalue weighted by molar-refractivity contribution is 7.92. The molecule has 0 aliphatic carbocycles. The number of benzene rings is 2. The van der Waals surface area contributed by atoms with Gasteiger partial charge in [0, 0.05) is 5.69 Å². The second-order valence-corrected chi connectivity index (χ2v) is 7.51. The van der Waals surface area contributed by atoms with Crippen molar-refractivity contribution in [2.24, 2.45) is 0 Å². The molecule has 0 aromatic heterocycles. The number of carbonyl (C=O) groups is 1. The van der Waals surface area contributed by atoms with Crippen LogP contribution in [0.1, 0.15) is 6.92 Å². The fraction of sp³-hybridized carbons (Fsp3) is 0.278. The number of rotatable bonds is 7. The Morgan fingerprint density at radius 2 is 1.42 bits per heavy atom. The van der Waals surface area contributed by atoms with E-state index in [4.69, 9.17) is 9.47 Å². The minimum absolute atomic E-state index is 0.380. The molecule has 0 spiro atoms. The second kappa shape index (κ2) is 8.09. The smallest absolute Gasteiger partial charge is 0.247 e. The number of methoxy groups -OCH3 is 2. The highest BCUT2D eigenvalue weighted by atomic mass is 32.2. The predicted octanol–water partition coefficient (Wildman–Crippen LogP) is 2.50. The van der Waals surface area contributed by atoms with Crippen molar-refractivity contribution in [1.82, 2.24) is 0 Å². The van der Waals surface area contributed by atoms with Crippen LogP contribution in [0, 0.1) is 0 Å². The van der Waals surface area contributed by atoms with E-state index in [1.165, 1.54) is 14.0 Å². The van der Waals surface area contributed by atoms with Gasteiger partial charge in [-0.1, -0.05) is 0 Å². The van der Waals surface area contributed by atoms with Crippen molar-refractivity contribution in [2.75, 3.05) is 30.1 Å². The van der Waals surface area contributed by atoms with Crippen LogP contribution in [0.4, 0.5) is 11.4 Å². The highest BCUT2D eigenvalue weighted by Gasteiger charge is 2.29. The molecule has 140 valence electrons. The average molecular weight is 378 g/mol. The van der Waals surface area contributed by atoms with Crippen LogP contribution in [-0.2, 0) is 14.8 Å². The van der Waals surface area contributed by atoms with E-state index in [1.807, 2.05) is 0 Å². The van der Waals surface area contributed by atoms with E-state index in [2.05, 4.69) is 5.32 Å². The summed E-state index contributed by atoms with van der Waals surface area (Å²) in [5, 5.41) is 2.71. The molecule has 1 N–H and O–H groups in total. The summed E-state index contributed by atoms with van der Waals surface area (Å²) in [6, 6.07) is 12.3. The molecule has 8 heteroatoms. The molecule has 0 heterocycles. The largest absolute Gasteiger partial charge is 0.497 e. The standard InChI is InChI=1S/C18H22N2O5S/c1-13(18(21)19-14-5-9-16(24-2)10-6-14)20(26(4,22)23)15-7-11-17(25-3)12-8-15/h5-13H,1-4H3,(H,19,21)/t13-/m0/s1. The predicted molar refractivity (Wildman–Crippen MR) is 101 cm³/mol. The van der Waals surface area contributed by atoms with Crippen molar-refractivity contribution in [2.45, 2.75) is 13.0 Å². The van der Waals surface area contributed by atoms with Crippen LogP contribution >= 0.6 is 0 Å². The molecule has 0 aliphatic rings. The number of carbonyl (C=O) groups excluding carboxylic acids is 1. The molecule has 2 rings (SSSR count). The number of ether oxygens (including phenoxy) is 2. The molecule has 7 nitrogen and oxygen atoms in total. The van der Waals surface area contributed by atoms with Gasteiger partial charge in [-0.3, -0.25) is 9.10 Å². The van der Waals surface area contributed by atoms with Gasteiger partial charge in [0.05, 0.1) is 26.2 Å². The molecule has 0 bridgehead atoms. The Balaban J connectivity index is 2.24. The fourth-order valence-corrected chi connectivity index (χ4v) is 3.63. The Labute approximate surface area is 153 Å². The first kappa shape index (κ1) is 19.6. The molecule has 26 heavy (non-hydrogen) atoms. The normalized spacial score (nSPS) is 12.2. The van der Waals surface area contributed by atoms with Gasteiger partial charge in [-0.15, -0.1) is 0 Å². The van der Waals surface area contributed by atoms with Gasteiger partial charge in [0.2, 0.25) is 15.9 Å². The monoisotopic (exact) mass is 378 g/mol. The molecule has 2 aromatic rings. The van der Waals surface area contributed by atoms with E-state index in [-0.39, 0.29) is 0 Å². The van der Waals surface area contributed by atoms with Gasteiger partial charge in [0.1, 0.15) is 17.5 Å². The lowest BCUT2D eigenvalue weighted by atomic mass is 10.2. The van der Waals surface area contributed by atoms with Crippen molar-refractivity contribution in [1.29, 1.82) is 0 Å². The maximum Gasteiger partial charge on any atom is 0.247 e. The molecule has 0 unspecified atom stereocenters. The van der Waals surface area contributed by atoms with Gasteiger partial charge < -0.3 is 14.8 Å². The Hall–Kier alpha value is -2.74. The molecule has 1 amide bonds. The van der Waals surface area contributed by atoms with Gasteiger partial charge in [-0.25, -0.2) is 8.42 Å². The molecular weight excluding hydrogens is 356 g/mol. The van der Waals surface area contributed by atoms with E-state index >= 15 is 0 Å². The number of amides is 1. The molecule has 0 aliphatic heterocycles. The van der Waals surface area contributed by atoms with Gasteiger partial charge in [-0.2, -0.15) is 0 Å². The maximum absolute atomic E-state index is 12.6. The van der Waals surface area contributed by atoms with Crippen molar-refractivity contribution in [3.63, 3.8) is 0 Å². The number of sulfonamides is 1. The Morgan fingerprint density at radius 3 is 1.85 bits per heavy atom. The average Bonchev–Trinajstić information content (AvgIpc) is 2.61. The van der Waals surface area contributed by atoms with Gasteiger partial charge >= 0.3 is 0 Å². The van der Waals surface area contributed by atoms with E-state index in [0.717, 1.165) is 10.6 Å². The maximum atomic E-state index is 12.6. The summed E-state index contributed by atoms with van der Waals surface area (Å²) in [5.41, 5.74) is 0.927. The fourth-order valence-electron chi connectivity index (χ4n) is 2.46. The summed E-state index contributed by atoms with van der Waals surface area (Å²) in [4.78, 5) is 12.6. The topological polar surface area (TPSA) is 84.9 Å². The molecule has 0 saturated carbocycles. The van der Waals surface area contributed by atoms with E-state index in [9.17, 15) is 13.2 Å². The SMILES string of the molecule is COc1ccc(NC(=O)[C@H](C)N(c2ccc(OC)cc2)S(C)(=O)=O)cc1. The zero-order chi connectivity index (χ0) is 19.3. The van der Waals surface area contributed by atoms with Crippen LogP contribution in [-0.4, -0.2) is 40.8 Å². The van der Waals surface area contributed by atoms with Crippen molar-refractivity contribution in [3.05, 3.63) is 48.5 Å². The Kier molecular flexibility index (Phi) is 6.10. The lowest BCUT2D eigenvalue weighted by Crippen LogP contribution is -2.45. The first-order valence-electron chi connectivity index (χ1n) is 7.84. The van der Waals surface area contributed by atoms with Crippen LogP contribution in [0.5, 0.6) is 11.5 Å². The third-order valence-corrected chi connectivity index (χ3v) is 5.01. The molecule has 1 atom stereocenters. The Bertz CT molecular complexity index is 848. The number of nitrogens with one attached hydrogen (secondary N) is 1. The lowest BCUT2D eigenvalue weighted by molar-refractivity contribution is -0.116. The number of hydrogen-bond acceptors (Lipinski definition) is 5. The quantitative estimate of drug-likeness (QED) is 0.800. The minimum atomic E-state index is -3.67. The Morgan fingerprint density at radius 1 is 0.962 bits per heavy atom. The first-order valence-corrected chi connectivity index (χ1v) is 9.69. The number of anilines is 2. The van der Waals surface area contributed by atoms with Crippen LogP contribution in [0.15, 0.2) is 48.5 Å². The summed E-state index contributed by atoms with van der Waals surface area (Å²) in [7, 11) is -0.601. The number of nitrogens with zero attached hydrogens (tertiary/aromatic N) is 1. The van der Waals surface area contributed by atoms with Gasteiger partial charge in [0.15, 0.2) is 0 Å². The van der Waals surface area contributed by atoms with E-state index in [0.29, 0.717) is 22.9 Å². The molecular formula is C18H22N2O5S. The summed E-state index contributed by atoms with van der Waals surface area (Å²) in [6.07, 6.45) is 1.06. The van der Waals surface area contributed by atoms with Crippen LogP contribution in [0.25, 0.3) is 0 Å². The number of hydrogen-bond donors (Lipinski definition) is 1. The van der Waals surface area contributed by atoms with E-state index in [1.54, 1.807) is 55.6 Å². The molecule has 0 radical (unpaired) electrons. The third-order valence-electron chi connectivity index (χ3n) is 3.77. The summed E-state index contributed by atoms with van der Waals surface area (Å²) in [6.45, 7) is 1.53. The van der Waals surface area contributed by atoms with Crippen molar-refractivity contribution in [3.8, 4) is 11.5 Å². The van der Waals surface area contributed by atoms with E-state index < -0.39 is 22.0 Å². The van der Waals surface area contributed by atoms with Gasteiger partial charge in [-0.05, 0) is 55.5 Å². The zero-order valence-electron chi connectivity index (χ0n) is 15.1. The summed E-state index contributed by atoms with van der Waals surface area (Å²) in [5.74, 6) is 0.806. The second-order valence-electron chi connectivity index (χ2n) is 5.65. The summed E-state index contributed by atoms with van der Waals surface area (Å²) >= 11 is 0. The molecule has 0 saturated heterocycles. The van der Waals surface area contributed by atoms with Crippen LogP contribution in [0.2, 0.25) is 0 Å². The molecule has 2 aromatic carbocycles. The third kappa shape index (κ3) is 4.66. The van der Waals surface area contributed by atoms with Gasteiger partial charge in [0.25, 0.3) is 0 Å². The van der Waals surface area contributed by atoms with Crippen LogP contribution in [0.3, 0.4) is 0 Å². The zero-order valence-corrected chi connectivity index (χ0v) is 15.9. The highest BCUT2D eigenvalue weighted by Crippen LogP contribution is 2.24. The first-order chi connectivity index (χ1) is 12.3.